The van der Waals surface area contributed by atoms with Gasteiger partial charge < -0.3 is 9.64 Å². The largest absolute Gasteiger partial charge is 0.459 e. The van der Waals surface area contributed by atoms with E-state index < -0.39 is 0 Å². The maximum atomic E-state index is 11.8. The van der Waals surface area contributed by atoms with Crippen molar-refractivity contribution in [2.24, 2.45) is 0 Å². The van der Waals surface area contributed by atoms with Gasteiger partial charge in [-0.1, -0.05) is 54.1 Å². The Balaban J connectivity index is 1.67. The van der Waals surface area contributed by atoms with E-state index in [2.05, 4.69) is 19.2 Å². The third kappa shape index (κ3) is 5.88. The number of halogens is 1. The molecule has 1 N–H and O–H groups in total. The number of hydrogen-bond acceptors (Lipinski definition) is 2. The quantitative estimate of drug-likeness (QED) is 0.793. The van der Waals surface area contributed by atoms with E-state index in [0.717, 1.165) is 18.7 Å². The monoisotopic (exact) mass is 318 g/mol. The van der Waals surface area contributed by atoms with Crippen LogP contribution >= 0.6 is 11.6 Å². The van der Waals surface area contributed by atoms with Crippen LogP contribution in [0.1, 0.15) is 11.1 Å². The summed E-state index contributed by atoms with van der Waals surface area (Å²) in [6, 6.07) is 17.5. The normalized spacial score (nSPS) is 11.9. The number of hydrogen-bond donors (Lipinski definition) is 1. The van der Waals surface area contributed by atoms with Crippen LogP contribution in [0.3, 0.4) is 0 Å². The molecule has 3 nitrogen and oxygen atoms in total. The minimum atomic E-state index is -0.199. The Labute approximate surface area is 136 Å². The van der Waals surface area contributed by atoms with E-state index in [4.69, 9.17) is 16.3 Å². The Bertz CT molecular complexity index is 584. The number of benzene rings is 2. The highest BCUT2D eigenvalue weighted by Crippen LogP contribution is 2.10. The molecule has 2 aromatic rings. The van der Waals surface area contributed by atoms with E-state index >= 15 is 0 Å². The van der Waals surface area contributed by atoms with E-state index in [1.165, 1.54) is 10.5 Å². The molecule has 0 amide bonds. The van der Waals surface area contributed by atoms with E-state index in [1.54, 1.807) is 12.1 Å². The predicted octanol–water partition coefficient (Wildman–Crippen LogP) is 2.14. The van der Waals surface area contributed by atoms with E-state index in [1.807, 2.05) is 30.3 Å². The van der Waals surface area contributed by atoms with Crippen molar-refractivity contribution in [3.8, 4) is 0 Å². The van der Waals surface area contributed by atoms with E-state index in [-0.39, 0.29) is 12.4 Å². The van der Waals surface area contributed by atoms with Gasteiger partial charge >= 0.3 is 5.97 Å². The first kappa shape index (κ1) is 16.5. The highest BCUT2D eigenvalue weighted by atomic mass is 35.5. The number of ether oxygens (including phenoxy) is 1. The Morgan fingerprint density at radius 1 is 1.05 bits per heavy atom. The zero-order valence-corrected chi connectivity index (χ0v) is 13.5. The summed E-state index contributed by atoms with van der Waals surface area (Å²) in [4.78, 5) is 13.1. The molecule has 2 rings (SSSR count). The van der Waals surface area contributed by atoms with Crippen LogP contribution in [0.25, 0.3) is 0 Å². The molecule has 0 bridgehead atoms. The molecule has 0 saturated carbocycles. The molecular weight excluding hydrogens is 298 g/mol. The molecular formula is C18H21ClNO2+. The van der Waals surface area contributed by atoms with Crippen LogP contribution in [0, 0.1) is 0 Å². The summed E-state index contributed by atoms with van der Waals surface area (Å²) >= 11 is 5.81. The zero-order valence-electron chi connectivity index (χ0n) is 12.7. The van der Waals surface area contributed by atoms with Crippen molar-refractivity contribution >= 4 is 17.6 Å². The van der Waals surface area contributed by atoms with Gasteiger partial charge in [0.1, 0.15) is 19.7 Å². The molecule has 0 aliphatic heterocycles. The van der Waals surface area contributed by atoms with Crippen molar-refractivity contribution in [3.05, 3.63) is 70.7 Å². The van der Waals surface area contributed by atoms with Crippen LogP contribution in [0.2, 0.25) is 5.02 Å². The van der Waals surface area contributed by atoms with Crippen LogP contribution in [-0.4, -0.2) is 26.2 Å². The summed E-state index contributed by atoms with van der Waals surface area (Å²) in [5.74, 6) is -0.199. The van der Waals surface area contributed by atoms with Crippen LogP contribution in [0.5, 0.6) is 0 Å². The predicted molar refractivity (Wildman–Crippen MR) is 88.0 cm³/mol. The standard InChI is InChI=1S/C18H20ClNO2/c1-20(14-16-5-3-2-4-6-16)11-12-22-18(21)13-15-7-9-17(19)10-8-15/h2-10H,11-14H2,1H3/p+1. The van der Waals surface area contributed by atoms with Crippen molar-refractivity contribution in [1.82, 2.24) is 0 Å². The van der Waals surface area contributed by atoms with Crippen molar-refractivity contribution in [2.45, 2.75) is 13.0 Å². The van der Waals surface area contributed by atoms with Gasteiger partial charge in [-0.3, -0.25) is 4.79 Å². The number of rotatable bonds is 7. The van der Waals surface area contributed by atoms with Crippen LogP contribution < -0.4 is 4.90 Å². The number of nitrogens with one attached hydrogen (secondary N) is 1. The molecule has 0 spiro atoms. The molecule has 0 saturated heterocycles. The summed E-state index contributed by atoms with van der Waals surface area (Å²) in [5.41, 5.74) is 2.20. The number of carbonyl (C=O) groups excluding carboxylic acids is 1. The maximum Gasteiger partial charge on any atom is 0.310 e. The Morgan fingerprint density at radius 3 is 2.41 bits per heavy atom. The molecule has 116 valence electrons. The number of esters is 1. The average molecular weight is 319 g/mol. The minimum absolute atomic E-state index is 0.199. The van der Waals surface area contributed by atoms with Gasteiger partial charge in [0.15, 0.2) is 0 Å². The fraction of sp³-hybridized carbons (Fsp3) is 0.278. The molecule has 4 heteroatoms. The second-order valence-electron chi connectivity index (χ2n) is 5.39. The third-order valence-electron chi connectivity index (χ3n) is 3.40. The highest BCUT2D eigenvalue weighted by Gasteiger charge is 2.08. The lowest BCUT2D eigenvalue weighted by Crippen LogP contribution is -3.08. The van der Waals surface area contributed by atoms with Crippen LogP contribution in [0.15, 0.2) is 54.6 Å². The number of likely N-dealkylation sites (N-methyl/N-ethyl adjacent to an activating group) is 1. The average Bonchev–Trinajstić information content (AvgIpc) is 2.50. The summed E-state index contributed by atoms with van der Waals surface area (Å²) in [6.07, 6.45) is 0.287. The molecule has 2 aromatic carbocycles. The van der Waals surface area contributed by atoms with Gasteiger partial charge in [0.25, 0.3) is 0 Å². The smallest absolute Gasteiger partial charge is 0.310 e. The second-order valence-corrected chi connectivity index (χ2v) is 5.83. The lowest BCUT2D eigenvalue weighted by Gasteiger charge is -2.14. The lowest BCUT2D eigenvalue weighted by molar-refractivity contribution is -0.893. The maximum absolute atomic E-state index is 11.8. The minimum Gasteiger partial charge on any atom is -0.459 e. The molecule has 0 aromatic heterocycles. The fourth-order valence-electron chi connectivity index (χ4n) is 2.19. The summed E-state index contributed by atoms with van der Waals surface area (Å²) in [5, 5.41) is 0.670. The van der Waals surface area contributed by atoms with Crippen molar-refractivity contribution in [2.75, 3.05) is 20.2 Å². The van der Waals surface area contributed by atoms with Gasteiger partial charge in [0.05, 0.1) is 13.5 Å². The number of carbonyl (C=O) groups is 1. The molecule has 1 atom stereocenters. The van der Waals surface area contributed by atoms with Crippen molar-refractivity contribution in [1.29, 1.82) is 0 Å². The van der Waals surface area contributed by atoms with Crippen molar-refractivity contribution < 1.29 is 14.4 Å². The fourth-order valence-corrected chi connectivity index (χ4v) is 2.32. The summed E-state index contributed by atoms with van der Waals surface area (Å²) in [7, 11) is 2.10. The Kier molecular flexibility index (Phi) is 6.44. The summed E-state index contributed by atoms with van der Waals surface area (Å²) < 4.78 is 5.29. The van der Waals surface area contributed by atoms with E-state index in [9.17, 15) is 4.79 Å². The molecule has 0 aliphatic carbocycles. The van der Waals surface area contributed by atoms with Gasteiger partial charge in [-0.2, -0.15) is 0 Å². The topological polar surface area (TPSA) is 30.7 Å². The Hall–Kier alpha value is -1.84. The molecule has 0 aliphatic rings. The molecule has 0 heterocycles. The molecule has 22 heavy (non-hydrogen) atoms. The molecule has 0 radical (unpaired) electrons. The lowest BCUT2D eigenvalue weighted by atomic mass is 10.1. The number of quaternary nitrogens is 1. The third-order valence-corrected chi connectivity index (χ3v) is 3.65. The van der Waals surface area contributed by atoms with Gasteiger partial charge in [-0.05, 0) is 17.7 Å². The van der Waals surface area contributed by atoms with Gasteiger partial charge in [-0.15, -0.1) is 0 Å². The van der Waals surface area contributed by atoms with Crippen LogP contribution in [0.4, 0.5) is 0 Å². The van der Waals surface area contributed by atoms with Crippen LogP contribution in [-0.2, 0) is 22.5 Å². The van der Waals surface area contributed by atoms with Crippen molar-refractivity contribution in [3.63, 3.8) is 0 Å². The molecule has 0 fully saturated rings. The van der Waals surface area contributed by atoms with Gasteiger partial charge in [-0.25, -0.2) is 0 Å². The first-order chi connectivity index (χ1) is 10.6. The molecule has 1 unspecified atom stereocenters. The van der Waals surface area contributed by atoms with E-state index in [0.29, 0.717) is 11.6 Å². The summed E-state index contributed by atoms with van der Waals surface area (Å²) in [6.45, 7) is 2.15. The second kappa shape index (κ2) is 8.57. The Morgan fingerprint density at radius 2 is 1.73 bits per heavy atom. The zero-order chi connectivity index (χ0) is 15.8. The van der Waals surface area contributed by atoms with Gasteiger partial charge in [0.2, 0.25) is 0 Å². The SMILES string of the molecule is C[NH+](CCOC(=O)Cc1ccc(Cl)cc1)Cc1ccccc1. The highest BCUT2D eigenvalue weighted by molar-refractivity contribution is 6.30. The first-order valence-electron chi connectivity index (χ1n) is 7.39. The van der Waals surface area contributed by atoms with Gasteiger partial charge in [0, 0.05) is 10.6 Å². The first-order valence-corrected chi connectivity index (χ1v) is 7.76.